The van der Waals surface area contributed by atoms with Crippen molar-refractivity contribution in [2.24, 2.45) is 0 Å². The zero-order chi connectivity index (χ0) is 20.4. The highest BCUT2D eigenvalue weighted by Crippen LogP contribution is 2.19. The van der Waals surface area contributed by atoms with Gasteiger partial charge in [-0.25, -0.2) is 0 Å². The molecule has 4 rings (SSSR count). The van der Waals surface area contributed by atoms with E-state index >= 15 is 0 Å². The average molecular weight is 471 g/mol. The number of thioether (sulfide) groups is 1. The summed E-state index contributed by atoms with van der Waals surface area (Å²) in [6, 6.07) is 14.3. The van der Waals surface area contributed by atoms with Gasteiger partial charge in [0.1, 0.15) is 5.75 Å². The van der Waals surface area contributed by atoms with Crippen LogP contribution in [0, 0.1) is 0 Å². The van der Waals surface area contributed by atoms with Gasteiger partial charge in [0.2, 0.25) is 5.65 Å². The largest absolute Gasteiger partial charge is 0.497 e. The van der Waals surface area contributed by atoms with Gasteiger partial charge in [0.15, 0.2) is 10.9 Å². The molecule has 0 fully saturated rings. The Balaban J connectivity index is 1.56. The number of methoxy groups -OCH3 is 1. The molecule has 7 nitrogen and oxygen atoms in total. The first-order valence-corrected chi connectivity index (χ1v) is 10.4. The summed E-state index contributed by atoms with van der Waals surface area (Å²) in [7, 11) is 1.58. The Hall–Kier alpha value is -2.91. The van der Waals surface area contributed by atoms with Gasteiger partial charge >= 0.3 is 5.56 Å². The predicted molar refractivity (Wildman–Crippen MR) is 114 cm³/mol. The van der Waals surface area contributed by atoms with Crippen molar-refractivity contribution in [1.82, 2.24) is 19.2 Å². The second kappa shape index (κ2) is 8.22. The summed E-state index contributed by atoms with van der Waals surface area (Å²) >= 11 is 4.62. The highest BCUT2D eigenvalue weighted by atomic mass is 79.9. The number of benzene rings is 2. The smallest absolute Gasteiger partial charge is 0.300 e. The highest BCUT2D eigenvalue weighted by Gasteiger charge is 2.14. The molecule has 0 radical (unpaired) electrons. The van der Waals surface area contributed by atoms with Gasteiger partial charge in [-0.1, -0.05) is 27.7 Å². The highest BCUT2D eigenvalue weighted by molar-refractivity contribution is 9.10. The lowest BCUT2D eigenvalue weighted by atomic mass is 10.1. The van der Waals surface area contributed by atoms with Crippen molar-refractivity contribution >= 4 is 39.1 Å². The molecule has 29 heavy (non-hydrogen) atoms. The number of rotatable bonds is 6. The maximum absolute atomic E-state index is 12.8. The van der Waals surface area contributed by atoms with Gasteiger partial charge in [0, 0.05) is 28.1 Å². The summed E-state index contributed by atoms with van der Waals surface area (Å²) in [5.41, 5.74) is 1.24. The van der Waals surface area contributed by atoms with E-state index < -0.39 is 0 Å². The maximum atomic E-state index is 12.8. The molecule has 0 saturated heterocycles. The second-order valence-corrected chi connectivity index (χ2v) is 7.92. The van der Waals surface area contributed by atoms with E-state index in [4.69, 9.17) is 4.74 Å². The quantitative estimate of drug-likeness (QED) is 0.316. The van der Waals surface area contributed by atoms with Crippen LogP contribution in [0.4, 0.5) is 0 Å². The van der Waals surface area contributed by atoms with E-state index in [2.05, 4.69) is 26.1 Å². The molecule has 4 aromatic rings. The van der Waals surface area contributed by atoms with E-state index in [0.29, 0.717) is 16.5 Å². The lowest BCUT2D eigenvalue weighted by Gasteiger charge is -2.06. The Morgan fingerprint density at radius 3 is 2.48 bits per heavy atom. The van der Waals surface area contributed by atoms with Gasteiger partial charge in [0.05, 0.1) is 12.9 Å². The summed E-state index contributed by atoms with van der Waals surface area (Å²) in [4.78, 5) is 25.2. The van der Waals surface area contributed by atoms with E-state index in [1.54, 1.807) is 48.2 Å². The van der Waals surface area contributed by atoms with Crippen molar-refractivity contribution in [2.45, 2.75) is 5.16 Å². The molecule has 0 spiro atoms. The van der Waals surface area contributed by atoms with Gasteiger partial charge < -0.3 is 4.74 Å². The predicted octanol–water partition coefficient (Wildman–Crippen LogP) is 3.63. The number of carbonyl (C=O) groups excluding carboxylic acids is 1. The molecule has 0 bridgehead atoms. The zero-order valence-electron chi connectivity index (χ0n) is 15.3. The number of hydrogen-bond acceptors (Lipinski definition) is 6. The number of halogens is 1. The van der Waals surface area contributed by atoms with E-state index in [1.165, 1.54) is 16.3 Å². The number of ether oxygens (including phenoxy) is 1. The van der Waals surface area contributed by atoms with Gasteiger partial charge in [0.25, 0.3) is 0 Å². The lowest BCUT2D eigenvalue weighted by molar-refractivity contribution is 0.102. The van der Waals surface area contributed by atoms with E-state index in [1.807, 2.05) is 24.3 Å². The fraction of sp³-hybridized carbons (Fsp3) is 0.100. The van der Waals surface area contributed by atoms with Crippen molar-refractivity contribution in [2.75, 3.05) is 12.9 Å². The molecule has 0 atom stereocenters. The molecule has 0 N–H and O–H groups in total. The first kappa shape index (κ1) is 19.4. The van der Waals surface area contributed by atoms with Crippen LogP contribution in [0.15, 0.2) is 75.3 Å². The number of Topliss-reactive ketones (excluding diaryl/α,β-unsaturated/α-hetero) is 1. The molecular weight excluding hydrogens is 456 g/mol. The first-order chi connectivity index (χ1) is 14.1. The minimum absolute atomic E-state index is 0.0439. The van der Waals surface area contributed by atoms with Gasteiger partial charge in [-0.3, -0.25) is 18.6 Å². The van der Waals surface area contributed by atoms with Crippen molar-refractivity contribution in [3.8, 4) is 11.4 Å². The van der Waals surface area contributed by atoms with Gasteiger partial charge in [-0.2, -0.15) is 0 Å². The minimum atomic E-state index is -0.282. The summed E-state index contributed by atoms with van der Waals surface area (Å²) in [5.74, 6) is 0.834. The number of fused-ring (bicyclic) bond motifs is 1. The van der Waals surface area contributed by atoms with Crippen LogP contribution in [-0.4, -0.2) is 37.8 Å². The normalized spacial score (nSPS) is 11.0. The minimum Gasteiger partial charge on any atom is -0.497 e. The van der Waals surface area contributed by atoms with Crippen molar-refractivity contribution in [3.05, 3.63) is 81.3 Å². The summed E-state index contributed by atoms with van der Waals surface area (Å²) in [5, 5.41) is 8.59. The van der Waals surface area contributed by atoms with Crippen LogP contribution in [0.25, 0.3) is 11.3 Å². The summed E-state index contributed by atoms with van der Waals surface area (Å²) in [6.45, 7) is 0. The standard InChI is InChI=1S/C20H15BrN4O3S/c1-28-16-8-2-13(3-9-16)17(26)12-29-20-23-22-18-19(27)24(10-11-25(18)20)15-6-4-14(21)5-7-15/h2-11H,12H2,1H3. The number of hydrogen-bond donors (Lipinski definition) is 0. The second-order valence-electron chi connectivity index (χ2n) is 6.07. The molecule has 9 heteroatoms. The van der Waals surface area contributed by atoms with Gasteiger partial charge in [-0.05, 0) is 48.5 Å². The van der Waals surface area contributed by atoms with E-state index in [9.17, 15) is 9.59 Å². The summed E-state index contributed by atoms with van der Waals surface area (Å²) < 4.78 is 9.14. The van der Waals surface area contributed by atoms with Crippen LogP contribution in [-0.2, 0) is 0 Å². The molecule has 0 amide bonds. The molecular formula is C20H15BrN4O3S. The van der Waals surface area contributed by atoms with Crippen molar-refractivity contribution < 1.29 is 9.53 Å². The summed E-state index contributed by atoms with van der Waals surface area (Å²) in [6.07, 6.45) is 3.39. The number of ketones is 1. The number of aromatic nitrogens is 4. The Labute approximate surface area is 178 Å². The SMILES string of the molecule is COc1ccc(C(=O)CSc2nnc3c(=O)n(-c4ccc(Br)cc4)ccn23)cc1. The molecule has 2 heterocycles. The van der Waals surface area contributed by atoms with Crippen LogP contribution >= 0.6 is 27.7 Å². The maximum Gasteiger partial charge on any atom is 0.300 e. The van der Waals surface area contributed by atoms with E-state index in [-0.39, 0.29) is 22.7 Å². The van der Waals surface area contributed by atoms with Crippen LogP contribution in [0.5, 0.6) is 5.75 Å². The third kappa shape index (κ3) is 3.96. The zero-order valence-corrected chi connectivity index (χ0v) is 17.7. The molecule has 0 saturated carbocycles. The monoisotopic (exact) mass is 470 g/mol. The van der Waals surface area contributed by atoms with Crippen LogP contribution < -0.4 is 10.3 Å². The number of nitrogens with zero attached hydrogens (tertiary/aromatic N) is 4. The molecule has 0 aliphatic heterocycles. The topological polar surface area (TPSA) is 78.5 Å². The average Bonchev–Trinajstić information content (AvgIpc) is 3.17. The molecule has 0 unspecified atom stereocenters. The first-order valence-electron chi connectivity index (χ1n) is 8.59. The third-order valence-electron chi connectivity index (χ3n) is 4.29. The van der Waals surface area contributed by atoms with Gasteiger partial charge in [-0.15, -0.1) is 10.2 Å². The Morgan fingerprint density at radius 1 is 1.07 bits per heavy atom. The number of carbonyl (C=O) groups is 1. The third-order valence-corrected chi connectivity index (χ3v) is 5.76. The fourth-order valence-electron chi connectivity index (χ4n) is 2.76. The fourth-order valence-corrected chi connectivity index (χ4v) is 3.84. The van der Waals surface area contributed by atoms with Crippen molar-refractivity contribution in [3.63, 3.8) is 0 Å². The molecule has 146 valence electrons. The lowest BCUT2D eigenvalue weighted by Crippen LogP contribution is -2.20. The Kier molecular flexibility index (Phi) is 5.50. The molecule has 2 aromatic heterocycles. The molecule has 0 aliphatic rings. The molecule has 0 aliphatic carbocycles. The Bertz CT molecular complexity index is 1230. The van der Waals surface area contributed by atoms with E-state index in [0.717, 1.165) is 10.2 Å². The van der Waals surface area contributed by atoms with Crippen LogP contribution in [0.1, 0.15) is 10.4 Å². The molecule has 2 aromatic carbocycles. The van der Waals surface area contributed by atoms with Crippen LogP contribution in [0.2, 0.25) is 0 Å². The van der Waals surface area contributed by atoms with Crippen molar-refractivity contribution in [1.29, 1.82) is 0 Å². The Morgan fingerprint density at radius 2 is 1.79 bits per heavy atom. The van der Waals surface area contributed by atoms with Crippen LogP contribution in [0.3, 0.4) is 0 Å².